The molecule has 0 radical (unpaired) electrons. The zero-order valence-electron chi connectivity index (χ0n) is 17.6. The fourth-order valence-electron chi connectivity index (χ4n) is 3.68. The number of hydrogen-bond donors (Lipinski definition) is 0. The summed E-state index contributed by atoms with van der Waals surface area (Å²) in [6.45, 7) is 5.81. The number of hydrogen-bond acceptors (Lipinski definition) is 4. The predicted molar refractivity (Wildman–Crippen MR) is 118 cm³/mol. The Morgan fingerprint density at radius 3 is 2.42 bits per heavy atom. The Kier molecular flexibility index (Phi) is 7.83. The van der Waals surface area contributed by atoms with Crippen LogP contribution in [-0.2, 0) is 16.1 Å². The highest BCUT2D eigenvalue weighted by Crippen LogP contribution is 2.21. The Morgan fingerprint density at radius 1 is 1.13 bits per heavy atom. The van der Waals surface area contributed by atoms with E-state index in [1.54, 1.807) is 28.0 Å². The molecule has 6 nitrogen and oxygen atoms in total. The average Bonchev–Trinajstić information content (AvgIpc) is 2.83. The van der Waals surface area contributed by atoms with Crippen LogP contribution >= 0.6 is 0 Å². The summed E-state index contributed by atoms with van der Waals surface area (Å²) in [4.78, 5) is 29.1. The molecule has 0 aromatic heterocycles. The molecule has 2 aromatic carbocycles. The van der Waals surface area contributed by atoms with Gasteiger partial charge in [-0.2, -0.15) is 5.26 Å². The molecular formula is C25H27N3O3. The van der Waals surface area contributed by atoms with E-state index in [1.807, 2.05) is 42.5 Å². The molecule has 1 heterocycles. The van der Waals surface area contributed by atoms with Crippen LogP contribution in [0.15, 0.2) is 67.3 Å². The number of amides is 2. The van der Waals surface area contributed by atoms with Crippen molar-refractivity contribution in [1.82, 2.24) is 9.80 Å². The summed E-state index contributed by atoms with van der Waals surface area (Å²) in [5.74, 6) is 0.577. The first-order valence-corrected chi connectivity index (χ1v) is 10.4. The lowest BCUT2D eigenvalue weighted by Gasteiger charge is -2.34. The van der Waals surface area contributed by atoms with Gasteiger partial charge in [0.2, 0.25) is 5.91 Å². The number of carbonyl (C=O) groups is 2. The second kappa shape index (κ2) is 11.0. The quantitative estimate of drug-likeness (QED) is 0.617. The molecule has 0 atom stereocenters. The third kappa shape index (κ3) is 6.19. The first kappa shape index (κ1) is 22.1. The molecule has 160 valence electrons. The lowest BCUT2D eigenvalue weighted by atomic mass is 9.95. The molecule has 2 aromatic rings. The summed E-state index contributed by atoms with van der Waals surface area (Å²) < 4.78 is 5.55. The van der Waals surface area contributed by atoms with Crippen molar-refractivity contribution in [3.63, 3.8) is 0 Å². The van der Waals surface area contributed by atoms with Crippen LogP contribution in [0.5, 0.6) is 5.75 Å². The van der Waals surface area contributed by atoms with Crippen molar-refractivity contribution in [2.24, 2.45) is 5.92 Å². The molecule has 0 saturated carbocycles. The molecule has 0 bridgehead atoms. The Hall–Kier alpha value is -3.59. The van der Waals surface area contributed by atoms with E-state index in [2.05, 4.69) is 12.6 Å². The first-order valence-electron chi connectivity index (χ1n) is 10.4. The van der Waals surface area contributed by atoms with Crippen molar-refractivity contribution in [1.29, 1.82) is 5.26 Å². The highest BCUT2D eigenvalue weighted by Gasteiger charge is 2.30. The van der Waals surface area contributed by atoms with Gasteiger partial charge in [0.15, 0.2) is 6.61 Å². The van der Waals surface area contributed by atoms with Crippen LogP contribution in [0.3, 0.4) is 0 Å². The third-order valence-electron chi connectivity index (χ3n) is 5.42. The van der Waals surface area contributed by atoms with E-state index in [1.165, 1.54) is 0 Å². The van der Waals surface area contributed by atoms with Crippen LogP contribution in [0.2, 0.25) is 0 Å². The molecular weight excluding hydrogens is 390 g/mol. The number of nitrogens with zero attached hydrogens (tertiary/aromatic N) is 3. The maximum absolute atomic E-state index is 13.1. The van der Waals surface area contributed by atoms with Gasteiger partial charge >= 0.3 is 0 Å². The van der Waals surface area contributed by atoms with Crippen LogP contribution in [-0.4, -0.2) is 47.9 Å². The van der Waals surface area contributed by atoms with Crippen molar-refractivity contribution in [2.45, 2.75) is 19.4 Å². The van der Waals surface area contributed by atoms with Gasteiger partial charge in [-0.25, -0.2) is 0 Å². The normalized spacial score (nSPS) is 13.8. The molecule has 1 saturated heterocycles. The second-order valence-electron chi connectivity index (χ2n) is 7.57. The molecule has 2 amide bonds. The van der Waals surface area contributed by atoms with Gasteiger partial charge in [-0.05, 0) is 42.7 Å². The molecule has 0 N–H and O–H groups in total. The first-order chi connectivity index (χ1) is 15.1. The topological polar surface area (TPSA) is 73.6 Å². The highest BCUT2D eigenvalue weighted by molar-refractivity contribution is 5.81. The van der Waals surface area contributed by atoms with E-state index >= 15 is 0 Å². The smallest absolute Gasteiger partial charge is 0.260 e. The summed E-state index contributed by atoms with van der Waals surface area (Å²) in [5, 5.41) is 8.94. The Bertz CT molecular complexity index is 927. The van der Waals surface area contributed by atoms with Gasteiger partial charge in [-0.3, -0.25) is 9.59 Å². The van der Waals surface area contributed by atoms with Crippen molar-refractivity contribution >= 4 is 11.8 Å². The van der Waals surface area contributed by atoms with E-state index in [9.17, 15) is 9.59 Å². The van der Waals surface area contributed by atoms with Crippen molar-refractivity contribution in [3.8, 4) is 11.8 Å². The maximum Gasteiger partial charge on any atom is 0.260 e. The molecule has 1 aliphatic heterocycles. The molecule has 0 unspecified atom stereocenters. The third-order valence-corrected chi connectivity index (χ3v) is 5.42. The number of benzene rings is 2. The predicted octanol–water partition coefficient (Wildman–Crippen LogP) is 3.39. The van der Waals surface area contributed by atoms with E-state index in [4.69, 9.17) is 10.00 Å². The van der Waals surface area contributed by atoms with Gasteiger partial charge in [0, 0.05) is 32.1 Å². The zero-order valence-corrected chi connectivity index (χ0v) is 17.6. The Balaban J connectivity index is 1.51. The monoisotopic (exact) mass is 417 g/mol. The van der Waals surface area contributed by atoms with Gasteiger partial charge in [0.05, 0.1) is 11.6 Å². The SMILES string of the molecule is C=CCN(Cc1ccc(C#N)cc1)C(=O)C1CCN(C(=O)COc2ccccc2)CC1. The largest absolute Gasteiger partial charge is 0.484 e. The lowest BCUT2D eigenvalue weighted by Crippen LogP contribution is -2.45. The van der Waals surface area contributed by atoms with Crippen molar-refractivity contribution < 1.29 is 14.3 Å². The maximum atomic E-state index is 13.1. The standard InChI is InChI=1S/C25H27N3O3/c1-2-14-28(18-21-10-8-20(17-26)9-11-21)25(30)22-12-15-27(16-13-22)24(29)19-31-23-6-4-3-5-7-23/h2-11,22H,1,12-16,18-19H2. The highest BCUT2D eigenvalue weighted by atomic mass is 16.5. The van der Waals surface area contributed by atoms with Crippen molar-refractivity contribution in [3.05, 3.63) is 78.4 Å². The summed E-state index contributed by atoms with van der Waals surface area (Å²) in [6, 6.07) is 18.6. The van der Waals surface area contributed by atoms with Gasteiger partial charge < -0.3 is 14.5 Å². The zero-order chi connectivity index (χ0) is 22.1. The molecule has 31 heavy (non-hydrogen) atoms. The van der Waals surface area contributed by atoms with E-state index in [-0.39, 0.29) is 24.3 Å². The van der Waals surface area contributed by atoms with Gasteiger partial charge in [0.25, 0.3) is 5.91 Å². The minimum atomic E-state index is -0.113. The Morgan fingerprint density at radius 2 is 1.81 bits per heavy atom. The van der Waals surface area contributed by atoms with Gasteiger partial charge in [-0.1, -0.05) is 36.4 Å². The van der Waals surface area contributed by atoms with Crippen LogP contribution in [0.4, 0.5) is 0 Å². The number of carbonyl (C=O) groups excluding carboxylic acids is 2. The average molecular weight is 418 g/mol. The van der Waals surface area contributed by atoms with E-state index < -0.39 is 0 Å². The molecule has 3 rings (SSSR count). The number of piperidine rings is 1. The number of rotatable bonds is 8. The summed E-state index contributed by atoms with van der Waals surface area (Å²) >= 11 is 0. The summed E-state index contributed by atoms with van der Waals surface area (Å²) in [5.41, 5.74) is 1.57. The van der Waals surface area contributed by atoms with Crippen molar-refractivity contribution in [2.75, 3.05) is 26.2 Å². The molecule has 6 heteroatoms. The Labute approximate surface area is 183 Å². The van der Waals surface area contributed by atoms with E-state index in [0.29, 0.717) is 50.3 Å². The van der Waals surface area contributed by atoms with Gasteiger partial charge in [-0.15, -0.1) is 6.58 Å². The van der Waals surface area contributed by atoms with Gasteiger partial charge in [0.1, 0.15) is 5.75 Å². The second-order valence-corrected chi connectivity index (χ2v) is 7.57. The van der Waals surface area contributed by atoms with Crippen LogP contribution < -0.4 is 4.74 Å². The number of ether oxygens (including phenoxy) is 1. The minimum absolute atomic E-state index is 0.00388. The molecule has 1 aliphatic rings. The summed E-state index contributed by atoms with van der Waals surface area (Å²) in [6.07, 6.45) is 3.00. The molecule has 0 aliphatic carbocycles. The fourth-order valence-corrected chi connectivity index (χ4v) is 3.68. The number of para-hydroxylation sites is 1. The van der Waals surface area contributed by atoms with Crippen LogP contribution in [0.1, 0.15) is 24.0 Å². The lowest BCUT2D eigenvalue weighted by molar-refractivity contribution is -0.141. The molecule has 0 spiro atoms. The van der Waals surface area contributed by atoms with E-state index in [0.717, 1.165) is 5.56 Å². The number of nitriles is 1. The fraction of sp³-hybridized carbons (Fsp3) is 0.320. The van der Waals surface area contributed by atoms with Crippen LogP contribution in [0, 0.1) is 17.2 Å². The number of likely N-dealkylation sites (tertiary alicyclic amines) is 1. The van der Waals surface area contributed by atoms with Crippen LogP contribution in [0.25, 0.3) is 0 Å². The molecule has 1 fully saturated rings. The minimum Gasteiger partial charge on any atom is -0.484 e. The summed E-state index contributed by atoms with van der Waals surface area (Å²) in [7, 11) is 0.